The van der Waals surface area contributed by atoms with Crippen LogP contribution in [0.4, 0.5) is 4.79 Å². The number of imide groups is 1. The first-order chi connectivity index (χ1) is 13.4. The van der Waals surface area contributed by atoms with Crippen LogP contribution in [0, 0.1) is 11.8 Å². The van der Waals surface area contributed by atoms with Crippen molar-refractivity contribution >= 4 is 29.8 Å². The zero-order chi connectivity index (χ0) is 20.3. The van der Waals surface area contributed by atoms with E-state index in [4.69, 9.17) is 9.47 Å². The molecule has 2 atom stereocenters. The summed E-state index contributed by atoms with van der Waals surface area (Å²) in [6.07, 6.45) is 4.68. The molecule has 0 aromatic heterocycles. The van der Waals surface area contributed by atoms with Gasteiger partial charge in [0.25, 0.3) is 0 Å². The first-order valence-corrected chi connectivity index (χ1v) is 9.02. The van der Waals surface area contributed by atoms with Gasteiger partial charge in [0.2, 0.25) is 11.8 Å². The molecule has 10 heteroatoms. The molecule has 1 fully saturated rings. The SMILES string of the molecule is CCOC(=O)C1=C(COC(=O)CN2C(=O)C3CC=CCC3C2=O)NC(=O)NC1. The molecule has 1 saturated heterocycles. The summed E-state index contributed by atoms with van der Waals surface area (Å²) in [5.41, 5.74) is 0.243. The molecule has 0 bridgehead atoms. The van der Waals surface area contributed by atoms with Gasteiger partial charge in [-0.15, -0.1) is 0 Å². The third-order valence-corrected chi connectivity index (χ3v) is 4.84. The van der Waals surface area contributed by atoms with E-state index < -0.39 is 36.4 Å². The minimum Gasteiger partial charge on any atom is -0.463 e. The lowest BCUT2D eigenvalue weighted by Gasteiger charge is -2.21. The number of nitrogens with zero attached hydrogens (tertiary/aromatic N) is 1. The number of amides is 4. The van der Waals surface area contributed by atoms with Crippen LogP contribution in [0.15, 0.2) is 23.4 Å². The second-order valence-corrected chi connectivity index (χ2v) is 6.56. The Balaban J connectivity index is 1.61. The molecule has 0 saturated carbocycles. The number of likely N-dealkylation sites (tertiary alicyclic amines) is 1. The van der Waals surface area contributed by atoms with Crippen LogP contribution in [0.5, 0.6) is 0 Å². The Bertz CT molecular complexity index is 760. The predicted molar refractivity (Wildman–Crippen MR) is 93.2 cm³/mol. The lowest BCUT2D eigenvalue weighted by molar-refractivity contribution is -0.152. The average molecular weight is 391 g/mol. The number of ether oxygens (including phenoxy) is 2. The molecular formula is C18H21N3O7. The van der Waals surface area contributed by atoms with Crippen LogP contribution in [0.3, 0.4) is 0 Å². The van der Waals surface area contributed by atoms with E-state index in [0.29, 0.717) is 12.8 Å². The Morgan fingerprint density at radius 1 is 1.11 bits per heavy atom. The number of rotatable bonds is 6. The van der Waals surface area contributed by atoms with Gasteiger partial charge in [0.15, 0.2) is 0 Å². The van der Waals surface area contributed by atoms with Crippen LogP contribution in [-0.4, -0.2) is 61.0 Å². The highest BCUT2D eigenvalue weighted by Gasteiger charge is 2.47. The molecular weight excluding hydrogens is 370 g/mol. The second kappa shape index (κ2) is 8.24. The predicted octanol–water partition coefficient (Wildman–Crippen LogP) is -0.389. The van der Waals surface area contributed by atoms with E-state index in [2.05, 4.69) is 10.6 Å². The largest absolute Gasteiger partial charge is 0.463 e. The number of carbonyl (C=O) groups is 5. The van der Waals surface area contributed by atoms with Crippen LogP contribution in [0.25, 0.3) is 0 Å². The third-order valence-electron chi connectivity index (χ3n) is 4.84. The Labute approximate surface area is 160 Å². The molecule has 0 aromatic rings. The van der Waals surface area contributed by atoms with Crippen LogP contribution < -0.4 is 10.6 Å². The maximum atomic E-state index is 12.4. The fourth-order valence-corrected chi connectivity index (χ4v) is 3.42. The van der Waals surface area contributed by atoms with Gasteiger partial charge < -0.3 is 20.1 Å². The fraction of sp³-hybridized carbons (Fsp3) is 0.500. The molecule has 150 valence electrons. The lowest BCUT2D eigenvalue weighted by Crippen LogP contribution is -2.45. The van der Waals surface area contributed by atoms with Gasteiger partial charge in [-0.05, 0) is 19.8 Å². The zero-order valence-electron chi connectivity index (χ0n) is 15.4. The number of hydrogen-bond acceptors (Lipinski definition) is 7. The summed E-state index contributed by atoms with van der Waals surface area (Å²) in [5, 5.41) is 4.84. The molecule has 3 aliphatic rings. The average Bonchev–Trinajstić information content (AvgIpc) is 2.92. The van der Waals surface area contributed by atoms with Gasteiger partial charge in [0.05, 0.1) is 36.3 Å². The van der Waals surface area contributed by atoms with Gasteiger partial charge >= 0.3 is 18.0 Å². The van der Waals surface area contributed by atoms with Crippen molar-refractivity contribution in [2.75, 3.05) is 26.3 Å². The normalized spacial score (nSPS) is 23.9. The number of fused-ring (bicyclic) bond motifs is 1. The van der Waals surface area contributed by atoms with Gasteiger partial charge in [0.1, 0.15) is 13.2 Å². The summed E-state index contributed by atoms with van der Waals surface area (Å²) >= 11 is 0. The summed E-state index contributed by atoms with van der Waals surface area (Å²) in [6, 6.07) is -0.541. The van der Waals surface area contributed by atoms with Crippen LogP contribution in [0.1, 0.15) is 19.8 Å². The molecule has 2 aliphatic heterocycles. The molecule has 2 unspecified atom stereocenters. The van der Waals surface area contributed by atoms with Gasteiger partial charge in [-0.3, -0.25) is 19.3 Å². The summed E-state index contributed by atoms with van der Waals surface area (Å²) in [6.45, 7) is 0.852. The standard InChI is InChI=1S/C18H21N3O7/c1-2-27-17(25)12-7-19-18(26)20-13(12)9-28-14(22)8-21-15(23)10-5-3-4-6-11(10)16(21)24/h3-4,10-11H,2,5-9H2,1H3,(H2,19,20,26). The molecule has 1 aliphatic carbocycles. The second-order valence-electron chi connectivity index (χ2n) is 6.56. The monoisotopic (exact) mass is 391 g/mol. The van der Waals surface area contributed by atoms with E-state index in [0.717, 1.165) is 4.90 Å². The Hall–Kier alpha value is -3.17. The molecule has 0 radical (unpaired) electrons. The Kier molecular flexibility index (Phi) is 5.76. The lowest BCUT2D eigenvalue weighted by atomic mass is 9.85. The Morgan fingerprint density at radius 2 is 1.75 bits per heavy atom. The van der Waals surface area contributed by atoms with Crippen molar-refractivity contribution in [1.29, 1.82) is 0 Å². The third kappa shape index (κ3) is 3.90. The van der Waals surface area contributed by atoms with Gasteiger partial charge in [-0.25, -0.2) is 9.59 Å². The van der Waals surface area contributed by atoms with Crippen molar-refractivity contribution < 1.29 is 33.4 Å². The number of esters is 2. The molecule has 3 rings (SSSR count). The summed E-state index contributed by atoms with van der Waals surface area (Å²) in [4.78, 5) is 61.3. The number of nitrogens with one attached hydrogen (secondary N) is 2. The summed E-state index contributed by atoms with van der Waals surface area (Å²) in [5.74, 6) is -3.05. The van der Waals surface area contributed by atoms with Crippen molar-refractivity contribution in [3.63, 3.8) is 0 Å². The topological polar surface area (TPSA) is 131 Å². The minimum atomic E-state index is -0.809. The van der Waals surface area contributed by atoms with Crippen molar-refractivity contribution in [1.82, 2.24) is 15.5 Å². The highest BCUT2D eigenvalue weighted by molar-refractivity contribution is 6.07. The summed E-state index contributed by atoms with van der Waals surface area (Å²) in [7, 11) is 0. The molecule has 28 heavy (non-hydrogen) atoms. The first kappa shape index (κ1) is 19.6. The number of hydrogen-bond donors (Lipinski definition) is 2. The van der Waals surface area contributed by atoms with E-state index in [1.165, 1.54) is 0 Å². The fourth-order valence-electron chi connectivity index (χ4n) is 3.42. The smallest absolute Gasteiger partial charge is 0.337 e. The molecule has 10 nitrogen and oxygen atoms in total. The van der Waals surface area contributed by atoms with Gasteiger partial charge in [-0.1, -0.05) is 12.2 Å². The molecule has 4 amide bonds. The van der Waals surface area contributed by atoms with Crippen molar-refractivity contribution in [3.05, 3.63) is 23.4 Å². The summed E-state index contributed by atoms with van der Waals surface area (Å²) < 4.78 is 10.0. The van der Waals surface area contributed by atoms with E-state index in [1.807, 2.05) is 12.2 Å². The quantitative estimate of drug-likeness (QED) is 0.358. The molecule has 2 N–H and O–H groups in total. The van der Waals surface area contributed by atoms with Crippen molar-refractivity contribution in [2.24, 2.45) is 11.8 Å². The van der Waals surface area contributed by atoms with Gasteiger partial charge in [-0.2, -0.15) is 0 Å². The Morgan fingerprint density at radius 3 is 2.36 bits per heavy atom. The van der Waals surface area contributed by atoms with E-state index in [1.54, 1.807) is 6.92 Å². The maximum absolute atomic E-state index is 12.4. The highest BCUT2D eigenvalue weighted by Crippen LogP contribution is 2.34. The van der Waals surface area contributed by atoms with Gasteiger partial charge in [0, 0.05) is 0 Å². The maximum Gasteiger partial charge on any atom is 0.337 e. The molecule has 0 spiro atoms. The number of allylic oxidation sites excluding steroid dienone is 2. The zero-order valence-corrected chi connectivity index (χ0v) is 15.4. The minimum absolute atomic E-state index is 0.0585. The van der Waals surface area contributed by atoms with Crippen LogP contribution in [0.2, 0.25) is 0 Å². The van der Waals surface area contributed by atoms with E-state index >= 15 is 0 Å². The van der Waals surface area contributed by atoms with E-state index in [9.17, 15) is 24.0 Å². The highest BCUT2D eigenvalue weighted by atomic mass is 16.5. The van der Waals surface area contributed by atoms with Crippen molar-refractivity contribution in [2.45, 2.75) is 19.8 Å². The first-order valence-electron chi connectivity index (χ1n) is 9.02. The molecule has 0 aromatic carbocycles. The number of urea groups is 1. The molecule has 2 heterocycles. The van der Waals surface area contributed by atoms with E-state index in [-0.39, 0.29) is 42.8 Å². The van der Waals surface area contributed by atoms with Crippen LogP contribution in [-0.2, 0) is 28.7 Å². The number of carbonyl (C=O) groups excluding carboxylic acids is 5. The van der Waals surface area contributed by atoms with Crippen LogP contribution >= 0.6 is 0 Å². The van der Waals surface area contributed by atoms with Crippen molar-refractivity contribution in [3.8, 4) is 0 Å².